The van der Waals surface area contributed by atoms with Crippen molar-refractivity contribution >= 4 is 10.9 Å². The molecule has 0 N–H and O–H groups in total. The number of fused-ring (bicyclic) bond motifs is 5. The molecule has 4 rings (SSSR count). The van der Waals surface area contributed by atoms with Gasteiger partial charge >= 0.3 is 0 Å². The van der Waals surface area contributed by atoms with Crippen LogP contribution in [0.5, 0.6) is 0 Å². The lowest BCUT2D eigenvalue weighted by Gasteiger charge is -2.05. The van der Waals surface area contributed by atoms with Gasteiger partial charge in [0.25, 0.3) is 0 Å². The largest absolute Gasteiger partial charge is 0.205 e. The average molecular weight is 260 g/mol. The highest BCUT2D eigenvalue weighted by Crippen LogP contribution is 2.30. The second kappa shape index (κ2) is 3.71. The molecule has 1 aliphatic rings. The van der Waals surface area contributed by atoms with E-state index in [1.54, 1.807) is 0 Å². The van der Waals surface area contributed by atoms with Crippen LogP contribution in [0, 0.1) is 25.2 Å². The third-order valence-electron chi connectivity index (χ3n) is 4.30. The zero-order valence-corrected chi connectivity index (χ0v) is 11.5. The van der Waals surface area contributed by atoms with E-state index < -0.39 is 0 Å². The zero-order chi connectivity index (χ0) is 13.9. The molecule has 3 aromatic rings. The van der Waals surface area contributed by atoms with Crippen molar-refractivity contribution in [3.05, 3.63) is 58.8 Å². The molecule has 2 aromatic carbocycles. The van der Waals surface area contributed by atoms with E-state index in [-0.39, 0.29) is 0 Å². The molecule has 0 spiro atoms. The summed E-state index contributed by atoms with van der Waals surface area (Å²) < 4.78 is 4.44. The van der Waals surface area contributed by atoms with Gasteiger partial charge in [0, 0.05) is 5.56 Å². The summed E-state index contributed by atoms with van der Waals surface area (Å²) in [4.78, 5) is 0. The molecule has 0 fully saturated rings. The lowest BCUT2D eigenvalue weighted by Crippen LogP contribution is -2.36. The Morgan fingerprint density at radius 2 is 2.05 bits per heavy atom. The fourth-order valence-corrected chi connectivity index (χ4v) is 3.14. The monoisotopic (exact) mass is 260 g/mol. The van der Waals surface area contributed by atoms with E-state index in [0.717, 1.165) is 23.0 Å². The van der Waals surface area contributed by atoms with Crippen LogP contribution in [0.3, 0.4) is 0 Å². The zero-order valence-electron chi connectivity index (χ0n) is 11.5. The molecule has 96 valence electrons. The van der Waals surface area contributed by atoms with Gasteiger partial charge < -0.3 is 0 Å². The van der Waals surface area contributed by atoms with E-state index in [4.69, 9.17) is 0 Å². The van der Waals surface area contributed by atoms with E-state index in [1.807, 2.05) is 12.1 Å². The summed E-state index contributed by atoms with van der Waals surface area (Å²) in [5, 5.41) is 10.3. The highest BCUT2D eigenvalue weighted by atomic mass is 15.4. The lowest BCUT2D eigenvalue weighted by atomic mass is 10.0. The molecule has 0 radical (unpaired) electrons. The molecule has 0 atom stereocenters. The highest BCUT2D eigenvalue weighted by Gasteiger charge is 2.30. The van der Waals surface area contributed by atoms with Gasteiger partial charge in [0.1, 0.15) is 17.3 Å². The Bertz CT molecular complexity index is 910. The Hall–Kier alpha value is -2.60. The van der Waals surface area contributed by atoms with Crippen molar-refractivity contribution < 1.29 is 4.68 Å². The van der Waals surface area contributed by atoms with Crippen molar-refractivity contribution in [1.29, 1.82) is 5.26 Å². The van der Waals surface area contributed by atoms with E-state index in [2.05, 4.69) is 53.7 Å². The molecule has 0 aliphatic carbocycles. The summed E-state index contributed by atoms with van der Waals surface area (Å²) in [5.41, 5.74) is 7.08. The van der Waals surface area contributed by atoms with Crippen molar-refractivity contribution in [2.45, 2.75) is 20.4 Å². The maximum atomic E-state index is 9.25. The number of aromatic nitrogens is 2. The van der Waals surface area contributed by atoms with E-state index in [9.17, 15) is 5.26 Å². The molecule has 0 amide bonds. The summed E-state index contributed by atoms with van der Waals surface area (Å²) in [6.07, 6.45) is 2.09. The minimum absolute atomic E-state index is 0.740. The average Bonchev–Trinajstić information content (AvgIpc) is 2.98. The topological polar surface area (TPSA) is 32.6 Å². The molecule has 3 heteroatoms. The number of benzene rings is 2. The first-order valence-electron chi connectivity index (χ1n) is 6.74. The van der Waals surface area contributed by atoms with Crippen LogP contribution in [0.15, 0.2) is 36.5 Å². The Labute approximate surface area is 117 Å². The molecule has 0 saturated carbocycles. The Kier molecular flexibility index (Phi) is 2.08. The maximum Gasteiger partial charge on any atom is 0.205 e. The van der Waals surface area contributed by atoms with Crippen molar-refractivity contribution in [1.82, 2.24) is 4.68 Å². The van der Waals surface area contributed by atoms with Crippen molar-refractivity contribution in [3.63, 3.8) is 0 Å². The van der Waals surface area contributed by atoms with Crippen LogP contribution in [0.4, 0.5) is 0 Å². The first-order valence-corrected chi connectivity index (χ1v) is 6.74. The van der Waals surface area contributed by atoms with Crippen LogP contribution in [0.2, 0.25) is 0 Å². The molecule has 0 saturated heterocycles. The van der Waals surface area contributed by atoms with Crippen LogP contribution < -0.4 is 4.68 Å². The SMILES string of the molecule is Cc1ccc2c(c1C)-n1c3cccc(C#N)c3c[n+]1C2. The van der Waals surface area contributed by atoms with Crippen molar-refractivity contribution in [3.8, 4) is 11.8 Å². The van der Waals surface area contributed by atoms with Crippen molar-refractivity contribution in [2.75, 3.05) is 0 Å². The smallest absolute Gasteiger partial charge is 0.192 e. The minimum Gasteiger partial charge on any atom is -0.192 e. The van der Waals surface area contributed by atoms with Gasteiger partial charge in [0.15, 0.2) is 6.54 Å². The second-order valence-corrected chi connectivity index (χ2v) is 5.40. The predicted octanol–water partition coefficient (Wildman–Crippen LogP) is 2.77. The molecule has 20 heavy (non-hydrogen) atoms. The third-order valence-corrected chi connectivity index (χ3v) is 4.30. The molecule has 1 aliphatic heterocycles. The molecule has 0 bridgehead atoms. The summed E-state index contributed by atoms with van der Waals surface area (Å²) in [5.74, 6) is 0. The van der Waals surface area contributed by atoms with Gasteiger partial charge in [-0.3, -0.25) is 0 Å². The normalized spacial score (nSPS) is 12.2. The molecule has 3 nitrogen and oxygen atoms in total. The first kappa shape index (κ1) is 11.2. The molecule has 2 heterocycles. The standard InChI is InChI=1S/C17H14N3/c1-11-6-7-14-9-19-10-15-13(8-18)4-3-5-16(15)20(19)17(14)12(11)2/h3-7,10H,9H2,1-2H3/q+1. The Morgan fingerprint density at radius 3 is 2.85 bits per heavy atom. The van der Waals surface area contributed by atoms with Gasteiger partial charge in [-0.05, 0) is 43.2 Å². The fraction of sp³-hybridized carbons (Fsp3) is 0.176. The summed E-state index contributed by atoms with van der Waals surface area (Å²) in [7, 11) is 0. The maximum absolute atomic E-state index is 9.25. The lowest BCUT2D eigenvalue weighted by molar-refractivity contribution is -0.749. The highest BCUT2D eigenvalue weighted by molar-refractivity contribution is 5.85. The number of hydrogen-bond acceptors (Lipinski definition) is 1. The number of rotatable bonds is 0. The number of aryl methyl sites for hydroxylation is 1. The van der Waals surface area contributed by atoms with Crippen LogP contribution in [0.1, 0.15) is 22.3 Å². The number of hydrogen-bond donors (Lipinski definition) is 0. The quantitative estimate of drug-likeness (QED) is 0.447. The summed E-state index contributed by atoms with van der Waals surface area (Å²) >= 11 is 0. The molecular weight excluding hydrogens is 246 g/mol. The van der Waals surface area contributed by atoms with Crippen molar-refractivity contribution in [2.24, 2.45) is 0 Å². The van der Waals surface area contributed by atoms with Gasteiger partial charge in [-0.2, -0.15) is 5.26 Å². The Balaban J connectivity index is 2.15. The van der Waals surface area contributed by atoms with Crippen LogP contribution in [-0.2, 0) is 6.54 Å². The number of nitrogens with zero attached hydrogens (tertiary/aromatic N) is 3. The predicted molar refractivity (Wildman–Crippen MR) is 76.8 cm³/mol. The number of nitriles is 1. The third kappa shape index (κ3) is 1.26. The van der Waals surface area contributed by atoms with Gasteiger partial charge in [-0.1, -0.05) is 12.1 Å². The van der Waals surface area contributed by atoms with Gasteiger partial charge in [0.2, 0.25) is 6.20 Å². The molecular formula is C17H14N3+. The Morgan fingerprint density at radius 1 is 1.20 bits per heavy atom. The van der Waals surface area contributed by atoms with Gasteiger partial charge in [0.05, 0.1) is 10.9 Å². The van der Waals surface area contributed by atoms with E-state index in [1.165, 1.54) is 22.4 Å². The molecule has 1 aromatic heterocycles. The van der Waals surface area contributed by atoms with Gasteiger partial charge in [-0.25, -0.2) is 0 Å². The first-order chi connectivity index (χ1) is 9.70. The van der Waals surface area contributed by atoms with Gasteiger partial charge in [-0.15, -0.1) is 9.36 Å². The minimum atomic E-state index is 0.740. The fourth-order valence-electron chi connectivity index (χ4n) is 3.14. The van der Waals surface area contributed by atoms with Crippen LogP contribution >= 0.6 is 0 Å². The summed E-state index contributed by atoms with van der Waals surface area (Å²) in [6, 6.07) is 12.6. The van der Waals surface area contributed by atoms with Crippen LogP contribution in [0.25, 0.3) is 16.6 Å². The second-order valence-electron chi connectivity index (χ2n) is 5.40. The summed E-state index contributed by atoms with van der Waals surface area (Å²) in [6.45, 7) is 5.18. The molecule has 0 unspecified atom stereocenters. The van der Waals surface area contributed by atoms with Crippen LogP contribution in [-0.4, -0.2) is 4.68 Å². The van der Waals surface area contributed by atoms with E-state index in [0.29, 0.717) is 0 Å². The van der Waals surface area contributed by atoms with E-state index >= 15 is 0 Å².